The maximum Gasteiger partial charge on any atom is 0.112 e. The zero-order valence-corrected chi connectivity index (χ0v) is 10.1. The van der Waals surface area contributed by atoms with E-state index < -0.39 is 5.60 Å². The SMILES string of the molecule is Cc1ccc(N2CC(O)(CN(C)C)C2)cn1. The van der Waals surface area contributed by atoms with Crippen molar-refractivity contribution in [3.05, 3.63) is 24.0 Å². The van der Waals surface area contributed by atoms with Crippen molar-refractivity contribution in [2.75, 3.05) is 38.6 Å². The standard InChI is InChI=1S/C12H19N3O/c1-10-4-5-11(6-13-10)15-8-12(16,9-15)7-14(2)3/h4-6,16H,7-9H2,1-3H3. The smallest absolute Gasteiger partial charge is 0.112 e. The Morgan fingerprint density at radius 2 is 2.12 bits per heavy atom. The quantitative estimate of drug-likeness (QED) is 0.807. The van der Waals surface area contributed by atoms with Gasteiger partial charge in [0, 0.05) is 25.3 Å². The maximum atomic E-state index is 10.2. The van der Waals surface area contributed by atoms with Crippen LogP contribution in [0.25, 0.3) is 0 Å². The molecule has 1 aliphatic heterocycles. The zero-order valence-electron chi connectivity index (χ0n) is 10.1. The van der Waals surface area contributed by atoms with E-state index in [0.29, 0.717) is 19.6 Å². The first-order valence-corrected chi connectivity index (χ1v) is 5.53. The van der Waals surface area contributed by atoms with Crippen molar-refractivity contribution < 1.29 is 5.11 Å². The predicted molar refractivity (Wildman–Crippen MR) is 64.7 cm³/mol. The van der Waals surface area contributed by atoms with E-state index in [1.807, 2.05) is 38.2 Å². The van der Waals surface area contributed by atoms with Gasteiger partial charge in [0.05, 0.1) is 11.9 Å². The van der Waals surface area contributed by atoms with E-state index in [1.165, 1.54) is 0 Å². The minimum Gasteiger partial charge on any atom is -0.385 e. The normalized spacial score (nSPS) is 18.7. The largest absolute Gasteiger partial charge is 0.385 e. The lowest BCUT2D eigenvalue weighted by molar-refractivity contribution is -0.00913. The topological polar surface area (TPSA) is 39.6 Å². The molecule has 1 fully saturated rings. The third-order valence-corrected chi connectivity index (χ3v) is 2.84. The molecule has 4 heteroatoms. The number of hydrogen-bond acceptors (Lipinski definition) is 4. The minimum atomic E-state index is -0.561. The molecule has 0 spiro atoms. The van der Waals surface area contributed by atoms with E-state index in [2.05, 4.69) is 16.0 Å². The Labute approximate surface area is 96.5 Å². The molecule has 88 valence electrons. The molecule has 16 heavy (non-hydrogen) atoms. The minimum absolute atomic E-state index is 0.561. The van der Waals surface area contributed by atoms with E-state index >= 15 is 0 Å². The summed E-state index contributed by atoms with van der Waals surface area (Å²) in [5, 5.41) is 10.2. The van der Waals surface area contributed by atoms with Crippen molar-refractivity contribution >= 4 is 5.69 Å². The molecule has 2 rings (SSSR count). The van der Waals surface area contributed by atoms with Gasteiger partial charge in [0.2, 0.25) is 0 Å². The highest BCUT2D eigenvalue weighted by Crippen LogP contribution is 2.27. The van der Waals surface area contributed by atoms with Crippen LogP contribution < -0.4 is 4.90 Å². The fraction of sp³-hybridized carbons (Fsp3) is 0.583. The zero-order chi connectivity index (χ0) is 11.8. The van der Waals surface area contributed by atoms with Gasteiger partial charge in [-0.2, -0.15) is 0 Å². The highest BCUT2D eigenvalue weighted by Gasteiger charge is 2.41. The van der Waals surface area contributed by atoms with E-state index in [4.69, 9.17) is 0 Å². The van der Waals surface area contributed by atoms with Gasteiger partial charge in [0.1, 0.15) is 5.60 Å². The Kier molecular flexibility index (Phi) is 2.86. The van der Waals surface area contributed by atoms with Crippen molar-refractivity contribution in [3.8, 4) is 0 Å². The van der Waals surface area contributed by atoms with Gasteiger partial charge in [0.25, 0.3) is 0 Å². The molecule has 1 aromatic rings. The molecule has 0 aliphatic carbocycles. The lowest BCUT2D eigenvalue weighted by atomic mass is 9.93. The van der Waals surface area contributed by atoms with Crippen LogP contribution >= 0.6 is 0 Å². The third-order valence-electron chi connectivity index (χ3n) is 2.84. The molecule has 4 nitrogen and oxygen atoms in total. The van der Waals surface area contributed by atoms with Crippen molar-refractivity contribution in [2.24, 2.45) is 0 Å². The fourth-order valence-electron chi connectivity index (χ4n) is 2.18. The number of pyridine rings is 1. The van der Waals surface area contributed by atoms with Crippen molar-refractivity contribution in [1.82, 2.24) is 9.88 Å². The van der Waals surface area contributed by atoms with Gasteiger partial charge in [-0.25, -0.2) is 0 Å². The number of hydrogen-bond donors (Lipinski definition) is 1. The van der Waals surface area contributed by atoms with Crippen LogP contribution in [0, 0.1) is 6.92 Å². The summed E-state index contributed by atoms with van der Waals surface area (Å²) in [4.78, 5) is 8.42. The van der Waals surface area contributed by atoms with Crippen LogP contribution in [-0.4, -0.2) is 54.3 Å². The van der Waals surface area contributed by atoms with Crippen LogP contribution in [0.2, 0.25) is 0 Å². The van der Waals surface area contributed by atoms with Crippen LogP contribution in [0.4, 0.5) is 5.69 Å². The van der Waals surface area contributed by atoms with Crippen LogP contribution in [0.15, 0.2) is 18.3 Å². The molecule has 1 saturated heterocycles. The van der Waals surface area contributed by atoms with Crippen molar-refractivity contribution in [1.29, 1.82) is 0 Å². The fourth-order valence-corrected chi connectivity index (χ4v) is 2.18. The van der Waals surface area contributed by atoms with Crippen LogP contribution in [-0.2, 0) is 0 Å². The summed E-state index contributed by atoms with van der Waals surface area (Å²) in [6.07, 6.45) is 1.87. The average Bonchev–Trinajstić information content (AvgIpc) is 2.14. The summed E-state index contributed by atoms with van der Waals surface area (Å²) in [7, 11) is 3.96. The van der Waals surface area contributed by atoms with E-state index in [-0.39, 0.29) is 0 Å². The van der Waals surface area contributed by atoms with Gasteiger partial charge < -0.3 is 14.9 Å². The van der Waals surface area contributed by atoms with Gasteiger partial charge in [-0.15, -0.1) is 0 Å². The first-order valence-electron chi connectivity index (χ1n) is 5.53. The molecule has 0 atom stereocenters. The third kappa shape index (κ3) is 2.33. The summed E-state index contributed by atoms with van der Waals surface area (Å²) in [5.41, 5.74) is 1.55. The Hall–Kier alpha value is -1.13. The summed E-state index contributed by atoms with van der Waals surface area (Å²) in [6, 6.07) is 4.05. The van der Waals surface area contributed by atoms with Crippen LogP contribution in [0.5, 0.6) is 0 Å². The molecular weight excluding hydrogens is 202 g/mol. The summed E-state index contributed by atoms with van der Waals surface area (Å²) < 4.78 is 0. The molecule has 0 aromatic carbocycles. The molecule has 0 amide bonds. The number of anilines is 1. The van der Waals surface area contributed by atoms with Gasteiger partial charge in [0.15, 0.2) is 0 Å². The lowest BCUT2D eigenvalue weighted by Crippen LogP contribution is -2.66. The highest BCUT2D eigenvalue weighted by molar-refractivity contribution is 5.49. The molecule has 1 aromatic heterocycles. The van der Waals surface area contributed by atoms with Gasteiger partial charge in [-0.3, -0.25) is 4.98 Å². The summed E-state index contributed by atoms with van der Waals surface area (Å²) >= 11 is 0. The highest BCUT2D eigenvalue weighted by atomic mass is 16.3. The monoisotopic (exact) mass is 221 g/mol. The lowest BCUT2D eigenvalue weighted by Gasteiger charge is -2.48. The number of aromatic nitrogens is 1. The molecule has 1 N–H and O–H groups in total. The van der Waals surface area contributed by atoms with E-state index in [9.17, 15) is 5.11 Å². The first-order chi connectivity index (χ1) is 7.48. The van der Waals surface area contributed by atoms with Crippen molar-refractivity contribution in [3.63, 3.8) is 0 Å². The second kappa shape index (κ2) is 4.03. The number of likely N-dealkylation sites (N-methyl/N-ethyl adjacent to an activating group) is 1. The maximum absolute atomic E-state index is 10.2. The molecular formula is C12H19N3O. The van der Waals surface area contributed by atoms with Gasteiger partial charge >= 0.3 is 0 Å². The Morgan fingerprint density at radius 3 is 2.62 bits per heavy atom. The van der Waals surface area contributed by atoms with Crippen LogP contribution in [0.3, 0.4) is 0 Å². The Morgan fingerprint density at radius 1 is 1.44 bits per heavy atom. The average molecular weight is 221 g/mol. The van der Waals surface area contributed by atoms with Crippen LogP contribution in [0.1, 0.15) is 5.69 Å². The van der Waals surface area contributed by atoms with Gasteiger partial charge in [-0.1, -0.05) is 0 Å². The summed E-state index contributed by atoms with van der Waals surface area (Å²) in [5.74, 6) is 0. The molecule has 0 saturated carbocycles. The van der Waals surface area contributed by atoms with Gasteiger partial charge in [-0.05, 0) is 33.2 Å². The second-order valence-corrected chi connectivity index (χ2v) is 4.98. The first kappa shape index (κ1) is 11.4. The molecule has 0 bridgehead atoms. The van der Waals surface area contributed by atoms with Crippen molar-refractivity contribution in [2.45, 2.75) is 12.5 Å². The number of aliphatic hydroxyl groups is 1. The number of aryl methyl sites for hydroxylation is 1. The Balaban J connectivity index is 1.95. The second-order valence-electron chi connectivity index (χ2n) is 4.98. The number of β-amino-alcohol motifs (C(OH)–C–C–N with tert-alkyl or cyclic N) is 1. The summed E-state index contributed by atoms with van der Waals surface area (Å²) in [6.45, 7) is 4.07. The number of nitrogens with zero attached hydrogens (tertiary/aromatic N) is 3. The Bertz CT molecular complexity index is 355. The number of rotatable bonds is 3. The molecule has 2 heterocycles. The van der Waals surface area contributed by atoms with E-state index in [1.54, 1.807) is 0 Å². The van der Waals surface area contributed by atoms with E-state index in [0.717, 1.165) is 11.4 Å². The molecule has 1 aliphatic rings. The predicted octanol–water partition coefficient (Wildman–Crippen LogP) is 0.503. The molecule has 0 unspecified atom stereocenters. The molecule has 0 radical (unpaired) electrons.